The van der Waals surface area contributed by atoms with Crippen LogP contribution in [0.15, 0.2) is 6.20 Å². The van der Waals surface area contributed by atoms with Crippen LogP contribution in [0.1, 0.15) is 63.8 Å². The summed E-state index contributed by atoms with van der Waals surface area (Å²) in [5.41, 5.74) is 2.09. The lowest BCUT2D eigenvalue weighted by Crippen LogP contribution is -2.33. The number of amides is 1. The first-order chi connectivity index (χ1) is 11.6. The molecule has 0 aromatic carbocycles. The van der Waals surface area contributed by atoms with Crippen molar-refractivity contribution in [3.05, 3.63) is 17.5 Å². The lowest BCUT2D eigenvalue weighted by atomic mass is 10.0. The van der Waals surface area contributed by atoms with E-state index in [-0.39, 0.29) is 17.9 Å². The van der Waals surface area contributed by atoms with Crippen molar-refractivity contribution in [3.63, 3.8) is 0 Å². The van der Waals surface area contributed by atoms with E-state index < -0.39 is 0 Å². The van der Waals surface area contributed by atoms with Crippen LogP contribution in [-0.2, 0) is 16.1 Å². The van der Waals surface area contributed by atoms with Crippen LogP contribution in [0.5, 0.6) is 0 Å². The number of carbonyl (C=O) groups is 1. The molecule has 1 amide bonds. The zero-order valence-electron chi connectivity index (χ0n) is 14.9. The van der Waals surface area contributed by atoms with Crippen LogP contribution in [0, 0.1) is 5.92 Å². The Kier molecular flexibility index (Phi) is 5.33. The molecule has 2 unspecified atom stereocenters. The van der Waals surface area contributed by atoms with Gasteiger partial charge in [0.25, 0.3) is 0 Å². The Hall–Kier alpha value is -1.69. The quantitative estimate of drug-likeness (QED) is 0.898. The highest BCUT2D eigenvalue weighted by molar-refractivity contribution is 5.79. The third-order valence-electron chi connectivity index (χ3n) is 5.21. The Labute approximate surface area is 144 Å². The molecule has 0 saturated carbocycles. The fraction of sp³-hybridized carbons (Fsp3) is 0.722. The van der Waals surface area contributed by atoms with Gasteiger partial charge in [0.05, 0.1) is 18.3 Å². The van der Waals surface area contributed by atoms with Crippen molar-refractivity contribution >= 4 is 11.9 Å². The van der Waals surface area contributed by atoms with Gasteiger partial charge >= 0.3 is 0 Å². The number of hydrogen-bond donors (Lipinski definition) is 1. The maximum atomic E-state index is 12.7. The van der Waals surface area contributed by atoms with Crippen LogP contribution in [0.25, 0.3) is 0 Å². The number of ether oxygens (including phenoxy) is 1. The van der Waals surface area contributed by atoms with Gasteiger partial charge in [-0.15, -0.1) is 0 Å². The molecule has 2 aliphatic heterocycles. The molecule has 1 aromatic rings. The average Bonchev–Trinajstić information content (AvgIpc) is 2.98. The molecular weight excluding hydrogens is 304 g/mol. The summed E-state index contributed by atoms with van der Waals surface area (Å²) in [6.07, 6.45) is 5.63. The van der Waals surface area contributed by atoms with Gasteiger partial charge in [-0.1, -0.05) is 20.8 Å². The Morgan fingerprint density at radius 3 is 2.83 bits per heavy atom. The van der Waals surface area contributed by atoms with E-state index >= 15 is 0 Å². The Bertz CT molecular complexity index is 586. The minimum Gasteiger partial charge on any atom is -0.381 e. The van der Waals surface area contributed by atoms with Crippen LogP contribution in [0.2, 0.25) is 0 Å². The van der Waals surface area contributed by atoms with Gasteiger partial charge in [-0.2, -0.15) is 0 Å². The van der Waals surface area contributed by atoms with Crippen molar-refractivity contribution in [3.8, 4) is 0 Å². The molecule has 0 spiro atoms. The Morgan fingerprint density at radius 2 is 2.17 bits per heavy atom. The van der Waals surface area contributed by atoms with E-state index in [2.05, 4.69) is 24.1 Å². The van der Waals surface area contributed by atoms with Crippen molar-refractivity contribution in [1.82, 2.24) is 14.9 Å². The number of nitrogens with one attached hydrogen (secondary N) is 1. The predicted molar refractivity (Wildman–Crippen MR) is 92.5 cm³/mol. The average molecular weight is 332 g/mol. The fourth-order valence-electron chi connectivity index (χ4n) is 3.49. The fourth-order valence-corrected chi connectivity index (χ4v) is 3.49. The number of rotatable bonds is 5. The smallest absolute Gasteiger partial charge is 0.226 e. The van der Waals surface area contributed by atoms with E-state index in [0.29, 0.717) is 18.5 Å². The van der Waals surface area contributed by atoms with E-state index in [4.69, 9.17) is 9.72 Å². The van der Waals surface area contributed by atoms with Crippen LogP contribution >= 0.6 is 0 Å². The van der Waals surface area contributed by atoms with E-state index in [1.807, 2.05) is 18.0 Å². The first-order valence-corrected chi connectivity index (χ1v) is 9.14. The standard InChI is InChI=1S/C18H28N4O2/c1-4-12(3)17(23)22-11-15-14(16(22)5-2)10-19-18(21-15)20-13-6-8-24-9-7-13/h10,12-13,16H,4-9,11H2,1-3H3,(H,19,20,21). The first-order valence-electron chi connectivity index (χ1n) is 9.14. The van der Waals surface area contributed by atoms with Crippen molar-refractivity contribution < 1.29 is 9.53 Å². The molecule has 3 rings (SSSR count). The molecule has 1 aromatic heterocycles. The maximum Gasteiger partial charge on any atom is 0.226 e. The minimum absolute atomic E-state index is 0.0566. The summed E-state index contributed by atoms with van der Waals surface area (Å²) >= 11 is 0. The molecule has 3 heterocycles. The van der Waals surface area contributed by atoms with Crippen molar-refractivity contribution in [2.45, 2.75) is 65.1 Å². The second kappa shape index (κ2) is 7.47. The summed E-state index contributed by atoms with van der Waals surface area (Å²) in [4.78, 5) is 23.8. The molecule has 0 bridgehead atoms. The topological polar surface area (TPSA) is 67.4 Å². The minimum atomic E-state index is 0.0566. The van der Waals surface area contributed by atoms with Gasteiger partial charge in [0.15, 0.2) is 0 Å². The monoisotopic (exact) mass is 332 g/mol. The van der Waals surface area contributed by atoms with Gasteiger partial charge in [-0.05, 0) is 25.7 Å². The number of anilines is 1. The van der Waals surface area contributed by atoms with Crippen LogP contribution in [0.3, 0.4) is 0 Å². The van der Waals surface area contributed by atoms with Crippen LogP contribution in [0.4, 0.5) is 5.95 Å². The maximum absolute atomic E-state index is 12.7. The lowest BCUT2D eigenvalue weighted by molar-refractivity contribution is -0.137. The summed E-state index contributed by atoms with van der Waals surface area (Å²) in [5.74, 6) is 0.954. The second-order valence-electron chi connectivity index (χ2n) is 6.83. The van der Waals surface area contributed by atoms with Gasteiger partial charge in [-0.3, -0.25) is 4.79 Å². The third kappa shape index (κ3) is 3.38. The lowest BCUT2D eigenvalue weighted by Gasteiger charge is -2.26. The highest BCUT2D eigenvalue weighted by atomic mass is 16.5. The van der Waals surface area contributed by atoms with Crippen molar-refractivity contribution in [1.29, 1.82) is 0 Å². The van der Waals surface area contributed by atoms with Gasteiger partial charge in [0, 0.05) is 36.9 Å². The molecular formula is C18H28N4O2. The molecule has 0 aliphatic carbocycles. The summed E-state index contributed by atoms with van der Waals surface area (Å²) in [6, 6.07) is 0.483. The molecule has 24 heavy (non-hydrogen) atoms. The molecule has 0 radical (unpaired) electrons. The van der Waals surface area contributed by atoms with Crippen molar-refractivity contribution in [2.75, 3.05) is 18.5 Å². The predicted octanol–water partition coefficient (Wildman–Crippen LogP) is 2.91. The molecule has 6 nitrogen and oxygen atoms in total. The van der Waals surface area contributed by atoms with Crippen molar-refractivity contribution in [2.24, 2.45) is 5.92 Å². The number of carbonyl (C=O) groups excluding carboxylic acids is 1. The zero-order valence-corrected chi connectivity index (χ0v) is 14.9. The Balaban J connectivity index is 1.75. The zero-order chi connectivity index (χ0) is 17.1. The number of hydrogen-bond acceptors (Lipinski definition) is 5. The highest BCUT2D eigenvalue weighted by Gasteiger charge is 2.35. The molecule has 1 fully saturated rings. The third-order valence-corrected chi connectivity index (χ3v) is 5.21. The summed E-state index contributed by atoms with van der Waals surface area (Å²) < 4.78 is 5.39. The molecule has 6 heteroatoms. The molecule has 2 aliphatic rings. The molecule has 132 valence electrons. The SMILES string of the molecule is CCC(C)C(=O)N1Cc2nc(NC3CCOCC3)ncc2C1CC. The normalized spacial score (nSPS) is 22.3. The first kappa shape index (κ1) is 17.1. The van der Waals surface area contributed by atoms with E-state index in [1.54, 1.807) is 0 Å². The van der Waals surface area contributed by atoms with E-state index in [0.717, 1.165) is 50.2 Å². The molecule has 1 saturated heterocycles. The van der Waals surface area contributed by atoms with Crippen LogP contribution in [-0.4, -0.2) is 40.0 Å². The summed E-state index contributed by atoms with van der Waals surface area (Å²) in [5, 5.41) is 3.42. The number of nitrogens with zero attached hydrogens (tertiary/aromatic N) is 3. The largest absolute Gasteiger partial charge is 0.381 e. The van der Waals surface area contributed by atoms with Gasteiger partial charge in [0.2, 0.25) is 11.9 Å². The summed E-state index contributed by atoms with van der Waals surface area (Å²) in [6.45, 7) is 8.35. The summed E-state index contributed by atoms with van der Waals surface area (Å²) in [7, 11) is 0. The molecule has 2 atom stereocenters. The van der Waals surface area contributed by atoms with Crippen LogP contribution < -0.4 is 5.32 Å². The van der Waals surface area contributed by atoms with Gasteiger partial charge in [0.1, 0.15) is 0 Å². The van der Waals surface area contributed by atoms with E-state index in [9.17, 15) is 4.79 Å². The Morgan fingerprint density at radius 1 is 1.42 bits per heavy atom. The van der Waals surface area contributed by atoms with Gasteiger partial charge in [-0.25, -0.2) is 9.97 Å². The molecule has 1 N–H and O–H groups in total. The highest BCUT2D eigenvalue weighted by Crippen LogP contribution is 2.36. The second-order valence-corrected chi connectivity index (χ2v) is 6.83. The number of aromatic nitrogens is 2. The van der Waals surface area contributed by atoms with Gasteiger partial charge < -0.3 is 15.0 Å². The number of fused-ring (bicyclic) bond motifs is 1. The van der Waals surface area contributed by atoms with E-state index in [1.165, 1.54) is 0 Å².